The van der Waals surface area contributed by atoms with Gasteiger partial charge in [-0.15, -0.1) is 11.3 Å². The van der Waals surface area contributed by atoms with Crippen molar-refractivity contribution in [2.45, 2.75) is 6.61 Å². The van der Waals surface area contributed by atoms with Gasteiger partial charge in [0.25, 0.3) is 11.6 Å². The fourth-order valence-corrected chi connectivity index (χ4v) is 3.35. The van der Waals surface area contributed by atoms with Crippen LogP contribution in [0.15, 0.2) is 53.9 Å². The van der Waals surface area contributed by atoms with Gasteiger partial charge in [-0.2, -0.15) is 0 Å². The lowest BCUT2D eigenvalue weighted by atomic mass is 10.2. The molecule has 0 aliphatic carbocycles. The molecule has 0 saturated carbocycles. The van der Waals surface area contributed by atoms with Gasteiger partial charge in [-0.05, 0) is 35.7 Å². The number of carbonyl (C=O) groups is 1. The van der Waals surface area contributed by atoms with Crippen LogP contribution < -0.4 is 14.8 Å². The highest BCUT2D eigenvalue weighted by molar-refractivity contribution is 7.12. The molecule has 3 rings (SSSR count). The Morgan fingerprint density at radius 2 is 2.04 bits per heavy atom. The number of nitro groups is 1. The van der Waals surface area contributed by atoms with Crippen LogP contribution in [-0.4, -0.2) is 17.9 Å². The fraction of sp³-hybridized carbons (Fsp3) is 0.105. The highest BCUT2D eigenvalue weighted by Gasteiger charge is 2.19. The van der Waals surface area contributed by atoms with E-state index >= 15 is 0 Å². The number of thiophene rings is 1. The van der Waals surface area contributed by atoms with E-state index in [1.165, 1.54) is 30.6 Å². The van der Waals surface area contributed by atoms with E-state index in [4.69, 9.17) is 21.1 Å². The van der Waals surface area contributed by atoms with E-state index in [1.54, 1.807) is 35.7 Å². The van der Waals surface area contributed by atoms with Gasteiger partial charge in [-0.25, -0.2) is 0 Å². The summed E-state index contributed by atoms with van der Waals surface area (Å²) < 4.78 is 10.6. The molecular formula is C19H15ClN2O5S. The van der Waals surface area contributed by atoms with E-state index in [0.29, 0.717) is 21.4 Å². The molecule has 7 nitrogen and oxygen atoms in total. The van der Waals surface area contributed by atoms with Crippen molar-refractivity contribution in [3.8, 4) is 11.5 Å². The average molecular weight is 419 g/mol. The number of nitrogens with one attached hydrogen (secondary N) is 1. The predicted molar refractivity (Wildman–Crippen MR) is 108 cm³/mol. The first-order valence-corrected chi connectivity index (χ1v) is 9.32. The lowest BCUT2D eigenvalue weighted by Gasteiger charge is -2.07. The molecule has 0 aliphatic heterocycles. The Labute approximate surface area is 169 Å². The number of rotatable bonds is 7. The molecule has 0 atom stereocenters. The molecular weight excluding hydrogens is 404 g/mol. The quantitative estimate of drug-likeness (QED) is 0.423. The Bertz CT molecular complexity index is 1020. The molecule has 1 N–H and O–H groups in total. The summed E-state index contributed by atoms with van der Waals surface area (Å²) in [6, 6.07) is 13.0. The molecule has 0 aliphatic rings. The number of anilines is 1. The van der Waals surface area contributed by atoms with Crippen molar-refractivity contribution >= 4 is 40.2 Å². The largest absolute Gasteiger partial charge is 0.496 e. The van der Waals surface area contributed by atoms with Crippen LogP contribution in [0.3, 0.4) is 0 Å². The summed E-state index contributed by atoms with van der Waals surface area (Å²) in [5, 5.41) is 16.1. The van der Waals surface area contributed by atoms with E-state index in [1.807, 2.05) is 6.07 Å². The van der Waals surface area contributed by atoms with Crippen LogP contribution in [-0.2, 0) is 6.61 Å². The van der Waals surface area contributed by atoms with Crippen molar-refractivity contribution < 1.29 is 19.2 Å². The van der Waals surface area contributed by atoms with Gasteiger partial charge in [0.05, 0.1) is 28.0 Å². The Kier molecular flexibility index (Phi) is 6.13. The summed E-state index contributed by atoms with van der Waals surface area (Å²) in [4.78, 5) is 23.5. The summed E-state index contributed by atoms with van der Waals surface area (Å²) in [5.41, 5.74) is 0.643. The summed E-state index contributed by atoms with van der Waals surface area (Å²) in [6.45, 7) is 0.246. The minimum absolute atomic E-state index is 0.0954. The molecule has 144 valence electrons. The van der Waals surface area contributed by atoms with E-state index in [2.05, 4.69) is 5.32 Å². The molecule has 0 unspecified atom stereocenters. The Morgan fingerprint density at radius 1 is 1.25 bits per heavy atom. The molecule has 1 aromatic heterocycles. The zero-order valence-corrected chi connectivity index (χ0v) is 16.3. The number of methoxy groups -OCH3 is 1. The predicted octanol–water partition coefficient (Wildman–Crippen LogP) is 5.15. The monoisotopic (exact) mass is 418 g/mol. The third kappa shape index (κ3) is 4.59. The van der Waals surface area contributed by atoms with Crippen LogP contribution in [0.2, 0.25) is 5.02 Å². The molecule has 1 amide bonds. The van der Waals surface area contributed by atoms with Crippen LogP contribution in [0.25, 0.3) is 0 Å². The number of nitro benzene ring substituents is 1. The number of nitrogens with zero attached hydrogens (tertiary/aromatic N) is 1. The molecule has 2 aromatic carbocycles. The molecule has 1 heterocycles. The number of carbonyl (C=O) groups excluding carboxylic acids is 1. The second kappa shape index (κ2) is 8.73. The number of hydrogen-bond donors (Lipinski definition) is 1. The summed E-state index contributed by atoms with van der Waals surface area (Å²) in [7, 11) is 1.41. The van der Waals surface area contributed by atoms with E-state index in [9.17, 15) is 14.9 Å². The standard InChI is InChI=1S/C19H15ClN2O5S/c1-26-13-6-7-15(16(9-13)22(24)25)21-19(23)18-8-12(11-28-18)10-27-17-5-3-2-4-14(17)20/h2-9,11H,10H2,1H3,(H,21,23). The van der Waals surface area contributed by atoms with Crippen LogP contribution >= 0.6 is 22.9 Å². The van der Waals surface area contributed by atoms with E-state index in [-0.39, 0.29) is 18.0 Å². The maximum atomic E-state index is 12.5. The third-order valence-corrected chi connectivity index (χ3v) is 5.05. The lowest BCUT2D eigenvalue weighted by Crippen LogP contribution is -2.11. The lowest BCUT2D eigenvalue weighted by molar-refractivity contribution is -0.384. The van der Waals surface area contributed by atoms with E-state index in [0.717, 1.165) is 5.56 Å². The van der Waals surface area contributed by atoms with Gasteiger partial charge in [0.15, 0.2) is 0 Å². The maximum Gasteiger partial charge on any atom is 0.296 e. The zero-order chi connectivity index (χ0) is 20.1. The fourth-order valence-electron chi connectivity index (χ4n) is 2.37. The molecule has 3 aromatic rings. The number of ether oxygens (including phenoxy) is 2. The van der Waals surface area contributed by atoms with Crippen molar-refractivity contribution in [1.29, 1.82) is 0 Å². The second-order valence-corrected chi connectivity index (χ2v) is 6.95. The highest BCUT2D eigenvalue weighted by atomic mass is 35.5. The van der Waals surface area contributed by atoms with Crippen molar-refractivity contribution in [2.24, 2.45) is 0 Å². The SMILES string of the molecule is COc1ccc(NC(=O)c2cc(COc3ccccc3Cl)cs2)c([N+](=O)[O-])c1. The van der Waals surface area contributed by atoms with Gasteiger partial charge < -0.3 is 14.8 Å². The van der Waals surface area contributed by atoms with Crippen molar-refractivity contribution in [3.05, 3.63) is 79.5 Å². The molecule has 9 heteroatoms. The van der Waals surface area contributed by atoms with Gasteiger partial charge in [0, 0.05) is 5.56 Å². The molecule has 0 bridgehead atoms. The number of halogens is 1. The van der Waals surface area contributed by atoms with Crippen molar-refractivity contribution in [1.82, 2.24) is 0 Å². The first kappa shape index (κ1) is 19.7. The minimum Gasteiger partial charge on any atom is -0.496 e. The average Bonchev–Trinajstić information content (AvgIpc) is 3.16. The van der Waals surface area contributed by atoms with E-state index < -0.39 is 10.8 Å². The molecule has 0 fully saturated rings. The second-order valence-electron chi connectivity index (χ2n) is 5.63. The number of para-hydroxylation sites is 1. The molecule has 0 saturated heterocycles. The van der Waals surface area contributed by atoms with Crippen LogP contribution in [0, 0.1) is 10.1 Å². The molecule has 0 radical (unpaired) electrons. The number of amides is 1. The highest BCUT2D eigenvalue weighted by Crippen LogP contribution is 2.30. The number of benzene rings is 2. The molecule has 28 heavy (non-hydrogen) atoms. The summed E-state index contributed by atoms with van der Waals surface area (Å²) in [6.07, 6.45) is 0. The maximum absolute atomic E-state index is 12.5. The van der Waals surface area contributed by atoms with Gasteiger partial charge in [-0.3, -0.25) is 14.9 Å². The Hall–Kier alpha value is -3.10. The van der Waals surface area contributed by atoms with Gasteiger partial charge in [-0.1, -0.05) is 23.7 Å². The summed E-state index contributed by atoms with van der Waals surface area (Å²) in [5.74, 6) is 0.442. The van der Waals surface area contributed by atoms with Crippen molar-refractivity contribution in [2.75, 3.05) is 12.4 Å². The van der Waals surface area contributed by atoms with Crippen LogP contribution in [0.5, 0.6) is 11.5 Å². The van der Waals surface area contributed by atoms with Crippen LogP contribution in [0.4, 0.5) is 11.4 Å². The molecule has 0 spiro atoms. The zero-order valence-electron chi connectivity index (χ0n) is 14.7. The number of hydrogen-bond acceptors (Lipinski definition) is 6. The Balaban J connectivity index is 1.69. The van der Waals surface area contributed by atoms with Crippen molar-refractivity contribution in [3.63, 3.8) is 0 Å². The van der Waals surface area contributed by atoms with Gasteiger partial charge in [0.2, 0.25) is 0 Å². The Morgan fingerprint density at radius 3 is 2.75 bits per heavy atom. The normalized spacial score (nSPS) is 10.4. The third-order valence-electron chi connectivity index (χ3n) is 3.76. The van der Waals surface area contributed by atoms with Crippen LogP contribution in [0.1, 0.15) is 15.2 Å². The first-order chi connectivity index (χ1) is 13.5. The van der Waals surface area contributed by atoms with Gasteiger partial charge in [0.1, 0.15) is 23.8 Å². The minimum atomic E-state index is -0.574. The van der Waals surface area contributed by atoms with Gasteiger partial charge >= 0.3 is 0 Å². The topological polar surface area (TPSA) is 90.7 Å². The summed E-state index contributed by atoms with van der Waals surface area (Å²) >= 11 is 7.27. The smallest absolute Gasteiger partial charge is 0.296 e. The first-order valence-electron chi connectivity index (χ1n) is 8.06.